The van der Waals surface area contributed by atoms with Gasteiger partial charge in [0.2, 0.25) is 0 Å². The minimum atomic E-state index is -0.533. The Hall–Kier alpha value is -2.20. The van der Waals surface area contributed by atoms with E-state index in [4.69, 9.17) is 10.00 Å². The molecule has 1 aliphatic heterocycles. The van der Waals surface area contributed by atoms with E-state index in [1.54, 1.807) is 17.0 Å². The van der Waals surface area contributed by atoms with Gasteiger partial charge in [0.1, 0.15) is 5.60 Å². The van der Waals surface area contributed by atoms with Crippen molar-refractivity contribution >= 4 is 23.8 Å². The van der Waals surface area contributed by atoms with Gasteiger partial charge < -0.3 is 15.0 Å². The number of rotatable bonds is 4. The number of piperidine rings is 1. The second-order valence-corrected chi connectivity index (χ2v) is 8.26. The number of nitrogens with zero attached hydrogens (tertiary/aromatic N) is 2. The Bertz CT molecular complexity index is 694. The smallest absolute Gasteiger partial charge is 0.410 e. The number of amides is 2. The summed E-state index contributed by atoms with van der Waals surface area (Å²) < 4.78 is 5.41. The van der Waals surface area contributed by atoms with Crippen molar-refractivity contribution in [1.29, 1.82) is 5.26 Å². The number of benzene rings is 1. The Balaban J connectivity index is 1.94. The molecular weight excluding hydrogens is 350 g/mol. The summed E-state index contributed by atoms with van der Waals surface area (Å²) in [5, 5.41) is 11.7. The largest absolute Gasteiger partial charge is 0.444 e. The Morgan fingerprint density at radius 3 is 2.88 bits per heavy atom. The fourth-order valence-electron chi connectivity index (χ4n) is 2.70. The first kappa shape index (κ1) is 20.1. The molecule has 0 aromatic heterocycles. The molecule has 1 aromatic carbocycles. The zero-order valence-electron chi connectivity index (χ0n) is 15.4. The maximum absolute atomic E-state index is 12.5. The van der Waals surface area contributed by atoms with Crippen molar-refractivity contribution < 1.29 is 14.3 Å². The second-order valence-electron chi connectivity index (χ2n) is 7.21. The van der Waals surface area contributed by atoms with Gasteiger partial charge in [-0.1, -0.05) is 6.07 Å². The number of hydrogen-bond donors (Lipinski definition) is 1. The Morgan fingerprint density at radius 1 is 1.42 bits per heavy atom. The number of nitrogens with one attached hydrogen (secondary N) is 1. The quantitative estimate of drug-likeness (QED) is 0.815. The molecule has 1 heterocycles. The van der Waals surface area contributed by atoms with Crippen LogP contribution in [0.15, 0.2) is 29.2 Å². The summed E-state index contributed by atoms with van der Waals surface area (Å²) in [7, 11) is 0. The van der Waals surface area contributed by atoms with Crippen LogP contribution in [0.5, 0.6) is 0 Å². The fraction of sp³-hybridized carbons (Fsp3) is 0.526. The molecule has 140 valence electrons. The van der Waals surface area contributed by atoms with E-state index in [0.29, 0.717) is 24.4 Å². The van der Waals surface area contributed by atoms with E-state index in [1.165, 1.54) is 11.8 Å². The normalized spacial score (nSPS) is 17.3. The Kier molecular flexibility index (Phi) is 6.92. The zero-order valence-corrected chi connectivity index (χ0v) is 16.3. The first-order valence-electron chi connectivity index (χ1n) is 8.67. The molecule has 1 atom stereocenters. The van der Waals surface area contributed by atoms with E-state index in [-0.39, 0.29) is 18.0 Å². The fourth-order valence-corrected chi connectivity index (χ4v) is 3.32. The lowest BCUT2D eigenvalue weighted by Gasteiger charge is -2.34. The molecule has 0 bridgehead atoms. The summed E-state index contributed by atoms with van der Waals surface area (Å²) in [6.45, 7) is 6.60. The summed E-state index contributed by atoms with van der Waals surface area (Å²) in [6, 6.07) is 9.20. The lowest BCUT2D eigenvalue weighted by atomic mass is 10.1. The highest BCUT2D eigenvalue weighted by atomic mass is 32.2. The van der Waals surface area contributed by atoms with Crippen molar-refractivity contribution in [3.63, 3.8) is 0 Å². The summed E-state index contributed by atoms with van der Waals surface area (Å²) in [5.41, 5.74) is 0.0248. The maximum Gasteiger partial charge on any atom is 0.410 e. The average Bonchev–Trinajstić information content (AvgIpc) is 2.59. The van der Waals surface area contributed by atoms with E-state index >= 15 is 0 Å². The van der Waals surface area contributed by atoms with E-state index in [2.05, 4.69) is 11.4 Å². The molecule has 7 heteroatoms. The van der Waals surface area contributed by atoms with Crippen LogP contribution >= 0.6 is 11.8 Å². The van der Waals surface area contributed by atoms with Crippen LogP contribution < -0.4 is 5.32 Å². The molecule has 0 aliphatic carbocycles. The van der Waals surface area contributed by atoms with Gasteiger partial charge in [0.05, 0.1) is 11.8 Å². The number of hydrogen-bond acceptors (Lipinski definition) is 5. The molecule has 1 aromatic rings. The molecule has 0 radical (unpaired) electrons. The zero-order chi connectivity index (χ0) is 19.2. The molecule has 1 saturated heterocycles. The van der Waals surface area contributed by atoms with E-state index < -0.39 is 5.60 Å². The molecule has 0 saturated carbocycles. The summed E-state index contributed by atoms with van der Waals surface area (Å²) in [6.07, 6.45) is 1.31. The number of likely N-dealkylation sites (tertiary alicyclic amines) is 1. The van der Waals surface area contributed by atoms with Gasteiger partial charge in [-0.2, -0.15) is 5.26 Å². The van der Waals surface area contributed by atoms with Crippen LogP contribution in [-0.2, 0) is 4.74 Å². The standard InChI is InChI=1S/C19H25N3O3S/c1-19(2,3)25-18(24)22-10-5-7-15(13-22)21-17(23)14-6-4-8-16(12-14)26-11-9-20/h4,6,8,12,15H,5,7,10-11,13H2,1-3H3,(H,21,23)/t15-/m0/s1. The molecule has 6 nitrogen and oxygen atoms in total. The highest BCUT2D eigenvalue weighted by Gasteiger charge is 2.28. The van der Waals surface area contributed by atoms with E-state index in [0.717, 1.165) is 17.7 Å². The summed E-state index contributed by atoms with van der Waals surface area (Å²) in [4.78, 5) is 27.3. The van der Waals surface area contributed by atoms with Crippen molar-refractivity contribution in [2.75, 3.05) is 18.8 Å². The van der Waals surface area contributed by atoms with Crippen LogP contribution in [0.3, 0.4) is 0 Å². The molecule has 0 spiro atoms. The predicted molar refractivity (Wildman–Crippen MR) is 101 cm³/mol. The number of nitriles is 1. The SMILES string of the molecule is CC(C)(C)OC(=O)N1CCC[C@H](NC(=O)c2cccc(SCC#N)c2)C1. The maximum atomic E-state index is 12.5. The lowest BCUT2D eigenvalue weighted by molar-refractivity contribution is 0.0185. The van der Waals surface area contributed by atoms with Crippen molar-refractivity contribution in [3.8, 4) is 6.07 Å². The predicted octanol–water partition coefficient (Wildman–Crippen LogP) is 3.43. The van der Waals surface area contributed by atoms with Crippen LogP contribution in [0.1, 0.15) is 44.0 Å². The van der Waals surface area contributed by atoms with Gasteiger partial charge in [-0.15, -0.1) is 11.8 Å². The van der Waals surface area contributed by atoms with Gasteiger partial charge in [0.15, 0.2) is 0 Å². The molecule has 0 unspecified atom stereocenters. The van der Waals surface area contributed by atoms with E-state index in [1.807, 2.05) is 32.9 Å². The summed E-state index contributed by atoms with van der Waals surface area (Å²) >= 11 is 1.40. The highest BCUT2D eigenvalue weighted by molar-refractivity contribution is 7.99. The molecular formula is C19H25N3O3S. The van der Waals surface area contributed by atoms with Gasteiger partial charge in [-0.05, 0) is 51.8 Å². The topological polar surface area (TPSA) is 82.4 Å². The number of ether oxygens (including phenoxy) is 1. The van der Waals surface area contributed by atoms with Crippen LogP contribution in [0.4, 0.5) is 4.79 Å². The molecule has 2 rings (SSSR count). The Morgan fingerprint density at radius 2 is 2.19 bits per heavy atom. The number of carbonyl (C=O) groups excluding carboxylic acids is 2. The first-order valence-corrected chi connectivity index (χ1v) is 9.65. The molecule has 1 fully saturated rings. The van der Waals surface area contributed by atoms with Gasteiger partial charge in [0.25, 0.3) is 5.91 Å². The lowest BCUT2D eigenvalue weighted by Crippen LogP contribution is -2.50. The number of thioether (sulfide) groups is 1. The third kappa shape index (κ3) is 6.26. The average molecular weight is 375 g/mol. The van der Waals surface area contributed by atoms with Gasteiger partial charge in [0, 0.05) is 29.6 Å². The minimum absolute atomic E-state index is 0.0980. The van der Waals surface area contributed by atoms with Crippen molar-refractivity contribution in [2.45, 2.75) is 50.2 Å². The molecule has 2 amide bonds. The minimum Gasteiger partial charge on any atom is -0.444 e. The van der Waals surface area contributed by atoms with Crippen LogP contribution in [0, 0.1) is 11.3 Å². The van der Waals surface area contributed by atoms with Crippen molar-refractivity contribution in [2.24, 2.45) is 0 Å². The van der Waals surface area contributed by atoms with Gasteiger partial charge in [-0.25, -0.2) is 4.79 Å². The van der Waals surface area contributed by atoms with Gasteiger partial charge >= 0.3 is 6.09 Å². The second kappa shape index (κ2) is 8.95. The number of carbonyl (C=O) groups is 2. The van der Waals surface area contributed by atoms with Crippen LogP contribution in [-0.4, -0.2) is 47.4 Å². The third-order valence-corrected chi connectivity index (χ3v) is 4.67. The van der Waals surface area contributed by atoms with Crippen LogP contribution in [0.2, 0.25) is 0 Å². The molecule has 26 heavy (non-hydrogen) atoms. The molecule has 1 aliphatic rings. The van der Waals surface area contributed by atoms with E-state index in [9.17, 15) is 9.59 Å². The summed E-state index contributed by atoms with van der Waals surface area (Å²) in [5.74, 6) is 0.180. The van der Waals surface area contributed by atoms with Crippen LogP contribution in [0.25, 0.3) is 0 Å². The molecule has 1 N–H and O–H groups in total. The monoisotopic (exact) mass is 375 g/mol. The highest BCUT2D eigenvalue weighted by Crippen LogP contribution is 2.19. The van der Waals surface area contributed by atoms with Crippen molar-refractivity contribution in [3.05, 3.63) is 29.8 Å². The van der Waals surface area contributed by atoms with Gasteiger partial charge in [-0.3, -0.25) is 4.79 Å². The first-order chi connectivity index (χ1) is 12.3. The Labute approximate surface area is 158 Å². The van der Waals surface area contributed by atoms with Crippen molar-refractivity contribution in [1.82, 2.24) is 10.2 Å². The third-order valence-electron chi connectivity index (χ3n) is 3.81.